The Morgan fingerprint density at radius 1 is 1.00 bits per heavy atom. The van der Waals surface area contributed by atoms with Gasteiger partial charge in [-0.3, -0.25) is 0 Å². The quantitative estimate of drug-likeness (QED) is 0.717. The Bertz CT molecular complexity index is 515. The zero-order chi connectivity index (χ0) is 11.9. The standard InChI is InChI=1S/C16H15F/c1-16(13-5-3-2-4-6-13)11-15(16)12-7-9-14(17)10-8-12/h2-10,15H,11H2,1H3/t15-,16-/m1/s1. The van der Waals surface area contributed by atoms with E-state index in [4.69, 9.17) is 0 Å². The number of benzene rings is 2. The van der Waals surface area contributed by atoms with Crippen LogP contribution in [0.1, 0.15) is 30.4 Å². The SMILES string of the molecule is C[C@]1(c2ccccc2)C[C@@H]1c1ccc(F)cc1. The first kappa shape index (κ1) is 10.5. The molecule has 1 aliphatic carbocycles. The molecule has 3 rings (SSSR count). The van der Waals surface area contributed by atoms with Crippen LogP contribution in [0.5, 0.6) is 0 Å². The lowest BCUT2D eigenvalue weighted by Gasteiger charge is -2.11. The van der Waals surface area contributed by atoms with Crippen LogP contribution in [0.4, 0.5) is 4.39 Å². The van der Waals surface area contributed by atoms with Gasteiger partial charge in [-0.2, -0.15) is 0 Å². The van der Waals surface area contributed by atoms with Crippen molar-refractivity contribution in [3.05, 3.63) is 71.5 Å². The van der Waals surface area contributed by atoms with Crippen LogP contribution in [-0.4, -0.2) is 0 Å². The third kappa shape index (κ3) is 1.76. The van der Waals surface area contributed by atoms with Gasteiger partial charge in [0.05, 0.1) is 0 Å². The molecule has 0 unspecified atom stereocenters. The van der Waals surface area contributed by atoms with Gasteiger partial charge in [0, 0.05) is 0 Å². The van der Waals surface area contributed by atoms with E-state index in [0.717, 1.165) is 6.42 Å². The fourth-order valence-electron chi connectivity index (χ4n) is 2.68. The zero-order valence-corrected chi connectivity index (χ0v) is 9.86. The van der Waals surface area contributed by atoms with Crippen LogP contribution in [0.15, 0.2) is 54.6 Å². The second-order valence-electron chi connectivity index (χ2n) is 5.09. The van der Waals surface area contributed by atoms with Crippen LogP contribution in [-0.2, 0) is 5.41 Å². The van der Waals surface area contributed by atoms with Gasteiger partial charge in [-0.1, -0.05) is 49.4 Å². The molecule has 0 amide bonds. The van der Waals surface area contributed by atoms with Gasteiger partial charge in [0.15, 0.2) is 0 Å². The van der Waals surface area contributed by atoms with Crippen molar-refractivity contribution >= 4 is 0 Å². The molecule has 0 aliphatic heterocycles. The van der Waals surface area contributed by atoms with Crippen molar-refractivity contribution in [2.24, 2.45) is 0 Å². The van der Waals surface area contributed by atoms with Crippen LogP contribution in [0.3, 0.4) is 0 Å². The molecule has 0 nitrogen and oxygen atoms in total. The first-order valence-electron chi connectivity index (χ1n) is 6.01. The summed E-state index contributed by atoms with van der Waals surface area (Å²) in [6.07, 6.45) is 1.16. The summed E-state index contributed by atoms with van der Waals surface area (Å²) in [6.45, 7) is 2.29. The molecule has 0 radical (unpaired) electrons. The molecule has 0 saturated heterocycles. The van der Waals surface area contributed by atoms with E-state index in [1.54, 1.807) is 12.1 Å². The molecule has 0 spiro atoms. The maximum absolute atomic E-state index is 12.9. The molecule has 0 N–H and O–H groups in total. The lowest BCUT2D eigenvalue weighted by molar-refractivity contribution is 0.626. The highest BCUT2D eigenvalue weighted by Gasteiger charge is 2.51. The normalized spacial score (nSPS) is 26.8. The van der Waals surface area contributed by atoms with Gasteiger partial charge in [-0.05, 0) is 41.0 Å². The second kappa shape index (κ2) is 3.69. The van der Waals surface area contributed by atoms with Crippen molar-refractivity contribution in [2.45, 2.75) is 24.7 Å². The van der Waals surface area contributed by atoms with Crippen molar-refractivity contribution in [3.8, 4) is 0 Å². The summed E-state index contributed by atoms with van der Waals surface area (Å²) in [7, 11) is 0. The van der Waals surface area contributed by atoms with Crippen LogP contribution < -0.4 is 0 Å². The van der Waals surface area contributed by atoms with Crippen LogP contribution in [0, 0.1) is 5.82 Å². The predicted octanol–water partition coefficient (Wildman–Crippen LogP) is 4.27. The minimum Gasteiger partial charge on any atom is -0.207 e. The molecule has 0 aromatic heterocycles. The number of rotatable bonds is 2. The van der Waals surface area contributed by atoms with E-state index < -0.39 is 0 Å². The lowest BCUT2D eigenvalue weighted by Crippen LogP contribution is -2.03. The second-order valence-corrected chi connectivity index (χ2v) is 5.09. The lowest BCUT2D eigenvalue weighted by atomic mass is 9.93. The fourth-order valence-corrected chi connectivity index (χ4v) is 2.68. The van der Waals surface area contributed by atoms with E-state index >= 15 is 0 Å². The molecule has 2 aromatic rings. The van der Waals surface area contributed by atoms with Gasteiger partial charge >= 0.3 is 0 Å². The van der Waals surface area contributed by atoms with Crippen molar-refractivity contribution < 1.29 is 4.39 Å². The van der Waals surface area contributed by atoms with E-state index in [0.29, 0.717) is 5.92 Å². The summed E-state index contributed by atoms with van der Waals surface area (Å²) in [5.41, 5.74) is 2.87. The van der Waals surface area contributed by atoms with E-state index in [1.165, 1.54) is 11.1 Å². The Morgan fingerprint density at radius 3 is 2.29 bits per heavy atom. The monoisotopic (exact) mass is 226 g/mol. The van der Waals surface area contributed by atoms with Gasteiger partial charge in [-0.15, -0.1) is 0 Å². The molecule has 86 valence electrons. The molecule has 1 saturated carbocycles. The molecule has 0 heterocycles. The molecular formula is C16H15F. The first-order chi connectivity index (χ1) is 8.20. The Morgan fingerprint density at radius 2 is 1.65 bits per heavy atom. The number of hydrogen-bond acceptors (Lipinski definition) is 0. The molecule has 1 fully saturated rings. The van der Waals surface area contributed by atoms with Crippen LogP contribution >= 0.6 is 0 Å². The van der Waals surface area contributed by atoms with Crippen molar-refractivity contribution in [3.63, 3.8) is 0 Å². The highest BCUT2D eigenvalue weighted by molar-refractivity contribution is 5.41. The van der Waals surface area contributed by atoms with Crippen LogP contribution in [0.2, 0.25) is 0 Å². The molecule has 1 heteroatoms. The Kier molecular flexibility index (Phi) is 2.29. The highest BCUT2D eigenvalue weighted by Crippen LogP contribution is 2.60. The minimum absolute atomic E-state index is 0.157. The van der Waals surface area contributed by atoms with Crippen LogP contribution in [0.25, 0.3) is 0 Å². The third-order valence-corrected chi connectivity index (χ3v) is 3.94. The van der Waals surface area contributed by atoms with Crippen molar-refractivity contribution in [1.82, 2.24) is 0 Å². The molecule has 2 aromatic carbocycles. The van der Waals surface area contributed by atoms with E-state index in [1.807, 2.05) is 18.2 Å². The largest absolute Gasteiger partial charge is 0.207 e. The minimum atomic E-state index is -0.157. The van der Waals surface area contributed by atoms with Gasteiger partial charge in [0.1, 0.15) is 5.82 Å². The summed E-state index contributed by atoms with van der Waals surface area (Å²) in [5, 5.41) is 0. The average Bonchev–Trinajstić information content (AvgIpc) is 3.05. The molecule has 1 aliphatic rings. The number of hydrogen-bond donors (Lipinski definition) is 0. The molecular weight excluding hydrogens is 211 g/mol. The van der Waals surface area contributed by atoms with Gasteiger partial charge in [0.25, 0.3) is 0 Å². The maximum atomic E-state index is 12.9. The van der Waals surface area contributed by atoms with Gasteiger partial charge in [-0.25, -0.2) is 4.39 Å². The molecule has 0 bridgehead atoms. The van der Waals surface area contributed by atoms with Gasteiger partial charge < -0.3 is 0 Å². The Balaban J connectivity index is 1.88. The van der Waals surface area contributed by atoms with E-state index in [2.05, 4.69) is 31.2 Å². The fraction of sp³-hybridized carbons (Fsp3) is 0.250. The third-order valence-electron chi connectivity index (χ3n) is 3.94. The molecule has 17 heavy (non-hydrogen) atoms. The van der Waals surface area contributed by atoms with E-state index in [9.17, 15) is 4.39 Å². The summed E-state index contributed by atoms with van der Waals surface area (Å²) in [5.74, 6) is 0.376. The number of halogens is 1. The summed E-state index contributed by atoms with van der Waals surface area (Å²) in [4.78, 5) is 0. The maximum Gasteiger partial charge on any atom is 0.123 e. The van der Waals surface area contributed by atoms with Crippen molar-refractivity contribution in [2.75, 3.05) is 0 Å². The Hall–Kier alpha value is -1.63. The average molecular weight is 226 g/mol. The first-order valence-corrected chi connectivity index (χ1v) is 6.01. The predicted molar refractivity (Wildman–Crippen MR) is 67.6 cm³/mol. The van der Waals surface area contributed by atoms with E-state index in [-0.39, 0.29) is 11.2 Å². The van der Waals surface area contributed by atoms with Gasteiger partial charge in [0.2, 0.25) is 0 Å². The Labute approximate surface area is 101 Å². The summed E-state index contributed by atoms with van der Waals surface area (Å²) < 4.78 is 12.9. The summed E-state index contributed by atoms with van der Waals surface area (Å²) >= 11 is 0. The topological polar surface area (TPSA) is 0 Å². The highest BCUT2D eigenvalue weighted by atomic mass is 19.1. The molecule has 2 atom stereocenters. The van der Waals surface area contributed by atoms with Crippen molar-refractivity contribution in [1.29, 1.82) is 0 Å². The zero-order valence-electron chi connectivity index (χ0n) is 9.86. The summed E-state index contributed by atoms with van der Waals surface area (Å²) in [6, 6.07) is 17.5. The smallest absolute Gasteiger partial charge is 0.123 e.